The minimum atomic E-state index is 0.0406. The molecule has 0 radical (unpaired) electrons. The summed E-state index contributed by atoms with van der Waals surface area (Å²) in [7, 11) is 1.60. The summed E-state index contributed by atoms with van der Waals surface area (Å²) < 4.78 is 12.0. The first-order chi connectivity index (χ1) is 11.4. The lowest BCUT2D eigenvalue weighted by molar-refractivity contribution is 0.228. The van der Waals surface area contributed by atoms with E-state index in [0.29, 0.717) is 17.1 Å². The third kappa shape index (κ3) is 4.39. The highest BCUT2D eigenvalue weighted by molar-refractivity contribution is 9.10. The molecule has 2 aromatic rings. The van der Waals surface area contributed by atoms with Gasteiger partial charge in [0.2, 0.25) is 0 Å². The number of nitrogens with zero attached hydrogens (tertiary/aromatic N) is 1. The van der Waals surface area contributed by atoms with Crippen LogP contribution >= 0.6 is 15.9 Å². The molecule has 0 bridgehead atoms. The first-order valence-corrected chi connectivity index (χ1v) is 8.47. The Bertz CT molecular complexity index is 787. The van der Waals surface area contributed by atoms with Gasteiger partial charge in [0.15, 0.2) is 11.5 Å². The van der Waals surface area contributed by atoms with Crippen molar-refractivity contribution < 1.29 is 9.47 Å². The molecular formula is C20H20BrNO2. The molecule has 0 aliphatic rings. The van der Waals surface area contributed by atoms with Crippen LogP contribution in [0.25, 0.3) is 11.6 Å². The van der Waals surface area contributed by atoms with Gasteiger partial charge < -0.3 is 9.47 Å². The molecule has 0 saturated carbocycles. The molecule has 0 aromatic heterocycles. The van der Waals surface area contributed by atoms with E-state index in [9.17, 15) is 5.26 Å². The Hall–Kier alpha value is -2.25. The molecule has 0 fully saturated rings. The van der Waals surface area contributed by atoms with Crippen LogP contribution in [0.5, 0.6) is 11.5 Å². The van der Waals surface area contributed by atoms with Gasteiger partial charge in [0, 0.05) is 0 Å². The lowest BCUT2D eigenvalue weighted by Crippen LogP contribution is -2.07. The van der Waals surface area contributed by atoms with Crippen molar-refractivity contribution in [3.8, 4) is 17.6 Å². The summed E-state index contributed by atoms with van der Waals surface area (Å²) >= 11 is 3.53. The van der Waals surface area contributed by atoms with Crippen molar-refractivity contribution >= 4 is 27.6 Å². The van der Waals surface area contributed by atoms with Crippen LogP contribution in [0.15, 0.2) is 40.9 Å². The van der Waals surface area contributed by atoms with E-state index in [-0.39, 0.29) is 6.10 Å². The Labute approximate surface area is 151 Å². The zero-order chi connectivity index (χ0) is 17.7. The Morgan fingerprint density at radius 3 is 2.42 bits per heavy atom. The van der Waals surface area contributed by atoms with E-state index < -0.39 is 0 Å². The van der Waals surface area contributed by atoms with Gasteiger partial charge in [-0.1, -0.05) is 29.8 Å². The number of aryl methyl sites for hydroxylation is 1. The molecular weight excluding hydrogens is 366 g/mol. The van der Waals surface area contributed by atoms with Crippen molar-refractivity contribution in [1.29, 1.82) is 5.26 Å². The fourth-order valence-corrected chi connectivity index (χ4v) is 2.81. The Morgan fingerprint density at radius 1 is 1.21 bits per heavy atom. The number of ether oxygens (including phenoxy) is 2. The van der Waals surface area contributed by atoms with Crippen LogP contribution in [0.3, 0.4) is 0 Å². The highest BCUT2D eigenvalue weighted by atomic mass is 79.9. The molecule has 24 heavy (non-hydrogen) atoms. The molecule has 0 heterocycles. The van der Waals surface area contributed by atoms with Crippen molar-refractivity contribution in [2.45, 2.75) is 26.9 Å². The van der Waals surface area contributed by atoms with Crippen molar-refractivity contribution in [1.82, 2.24) is 0 Å². The van der Waals surface area contributed by atoms with E-state index in [1.807, 2.05) is 63.2 Å². The smallest absolute Gasteiger partial charge is 0.175 e. The quantitative estimate of drug-likeness (QED) is 0.495. The summed E-state index contributed by atoms with van der Waals surface area (Å²) in [6, 6.07) is 14.0. The predicted octanol–water partition coefficient (Wildman–Crippen LogP) is 5.62. The van der Waals surface area contributed by atoms with Crippen LogP contribution in [0.1, 0.15) is 30.5 Å². The van der Waals surface area contributed by atoms with Gasteiger partial charge in [0.05, 0.1) is 29.3 Å². The zero-order valence-corrected chi connectivity index (χ0v) is 15.8. The van der Waals surface area contributed by atoms with Crippen molar-refractivity contribution in [3.05, 3.63) is 57.6 Å². The normalized spacial score (nSPS) is 11.3. The van der Waals surface area contributed by atoms with Crippen LogP contribution < -0.4 is 9.47 Å². The van der Waals surface area contributed by atoms with Crippen LogP contribution in [-0.2, 0) is 0 Å². The number of benzene rings is 2. The summed E-state index contributed by atoms with van der Waals surface area (Å²) in [5.41, 5.74) is 3.52. The molecule has 0 amide bonds. The van der Waals surface area contributed by atoms with Crippen LogP contribution in [0.2, 0.25) is 0 Å². The number of hydrogen-bond acceptors (Lipinski definition) is 3. The average Bonchev–Trinajstić information content (AvgIpc) is 2.55. The molecule has 0 atom stereocenters. The highest BCUT2D eigenvalue weighted by Gasteiger charge is 2.13. The number of allylic oxidation sites excluding steroid dienone is 1. The van der Waals surface area contributed by atoms with Crippen LogP contribution in [-0.4, -0.2) is 13.2 Å². The van der Waals surface area contributed by atoms with E-state index in [1.54, 1.807) is 7.11 Å². The van der Waals surface area contributed by atoms with Gasteiger partial charge in [-0.15, -0.1) is 0 Å². The number of rotatable bonds is 5. The fraction of sp³-hybridized carbons (Fsp3) is 0.250. The average molecular weight is 386 g/mol. The van der Waals surface area contributed by atoms with E-state index in [4.69, 9.17) is 9.47 Å². The van der Waals surface area contributed by atoms with Gasteiger partial charge in [-0.25, -0.2) is 0 Å². The SMILES string of the molecule is COc1cc(/C=C(/C#N)c2ccc(C)cc2)cc(Br)c1OC(C)C. The maximum atomic E-state index is 9.49. The van der Waals surface area contributed by atoms with Crippen LogP contribution in [0.4, 0.5) is 0 Å². The minimum Gasteiger partial charge on any atom is -0.493 e. The molecule has 0 N–H and O–H groups in total. The minimum absolute atomic E-state index is 0.0406. The van der Waals surface area contributed by atoms with Crippen molar-refractivity contribution in [3.63, 3.8) is 0 Å². The van der Waals surface area contributed by atoms with E-state index >= 15 is 0 Å². The summed E-state index contributed by atoms with van der Waals surface area (Å²) in [6.07, 6.45) is 1.88. The maximum absolute atomic E-state index is 9.49. The molecule has 2 rings (SSSR count). The second-order valence-electron chi connectivity index (χ2n) is 5.74. The predicted molar refractivity (Wildman–Crippen MR) is 101 cm³/mol. The first kappa shape index (κ1) is 18.1. The van der Waals surface area contributed by atoms with E-state index in [2.05, 4.69) is 22.0 Å². The Morgan fingerprint density at radius 2 is 1.88 bits per heavy atom. The van der Waals surface area contributed by atoms with Crippen molar-refractivity contribution in [2.75, 3.05) is 7.11 Å². The van der Waals surface area contributed by atoms with Gasteiger partial charge in [-0.3, -0.25) is 0 Å². The number of methoxy groups -OCH3 is 1. The second-order valence-corrected chi connectivity index (χ2v) is 6.59. The van der Waals surface area contributed by atoms with Crippen LogP contribution in [0, 0.1) is 18.3 Å². The molecule has 124 valence electrons. The lowest BCUT2D eigenvalue weighted by atomic mass is 10.0. The first-order valence-electron chi connectivity index (χ1n) is 7.67. The van der Waals surface area contributed by atoms with Gasteiger partial charge >= 0.3 is 0 Å². The van der Waals surface area contributed by atoms with Gasteiger partial charge in [-0.05, 0) is 66.0 Å². The van der Waals surface area contributed by atoms with E-state index in [1.165, 1.54) is 0 Å². The van der Waals surface area contributed by atoms with Gasteiger partial charge in [0.25, 0.3) is 0 Å². The van der Waals surface area contributed by atoms with Gasteiger partial charge in [-0.2, -0.15) is 5.26 Å². The molecule has 0 aliphatic carbocycles. The molecule has 0 spiro atoms. The summed E-state index contributed by atoms with van der Waals surface area (Å²) in [4.78, 5) is 0. The fourth-order valence-electron chi connectivity index (χ4n) is 2.25. The number of halogens is 1. The third-order valence-corrected chi connectivity index (χ3v) is 3.99. The number of nitriles is 1. The highest BCUT2D eigenvalue weighted by Crippen LogP contribution is 2.38. The second kappa shape index (κ2) is 8.03. The molecule has 4 heteroatoms. The number of hydrogen-bond donors (Lipinski definition) is 0. The molecule has 0 aliphatic heterocycles. The Kier molecular flexibility index (Phi) is 6.05. The monoisotopic (exact) mass is 385 g/mol. The summed E-state index contributed by atoms with van der Waals surface area (Å²) in [6.45, 7) is 5.95. The zero-order valence-electron chi connectivity index (χ0n) is 14.3. The largest absolute Gasteiger partial charge is 0.493 e. The molecule has 2 aromatic carbocycles. The standard InChI is InChI=1S/C20H20BrNO2/c1-13(2)24-20-18(21)10-15(11-19(20)23-4)9-17(12-22)16-7-5-14(3)6-8-16/h5-11,13H,1-4H3/b17-9-. The van der Waals surface area contributed by atoms with Gasteiger partial charge in [0.1, 0.15) is 0 Å². The molecule has 0 saturated heterocycles. The third-order valence-electron chi connectivity index (χ3n) is 3.40. The Balaban J connectivity index is 2.46. The van der Waals surface area contributed by atoms with E-state index in [0.717, 1.165) is 21.2 Å². The summed E-state index contributed by atoms with van der Waals surface area (Å²) in [5, 5.41) is 9.49. The molecule has 3 nitrogen and oxygen atoms in total. The van der Waals surface area contributed by atoms with Crippen molar-refractivity contribution in [2.24, 2.45) is 0 Å². The summed E-state index contributed by atoms with van der Waals surface area (Å²) in [5.74, 6) is 1.30. The topological polar surface area (TPSA) is 42.2 Å². The molecule has 0 unspecified atom stereocenters. The lowest BCUT2D eigenvalue weighted by Gasteiger charge is -2.16. The maximum Gasteiger partial charge on any atom is 0.175 e.